The monoisotopic (exact) mass is 311 g/mol. The van der Waals surface area contributed by atoms with Gasteiger partial charge in [-0.3, -0.25) is 0 Å². The lowest BCUT2D eigenvalue weighted by molar-refractivity contribution is 0.354. The van der Waals surface area contributed by atoms with Crippen molar-refractivity contribution in [2.75, 3.05) is 18.0 Å². The predicted octanol–water partition coefficient (Wildman–Crippen LogP) is 3.31. The molecule has 23 heavy (non-hydrogen) atoms. The first-order valence-electron chi connectivity index (χ1n) is 8.92. The lowest BCUT2D eigenvalue weighted by Crippen LogP contribution is -2.34. The third-order valence-corrected chi connectivity index (χ3v) is 6.23. The SMILES string of the molecule is CC(C)(C)c1ccc2oc(N3[C@@H]4CC[C@H]3[C@H]3CNC[C@H]34)nc2c1. The summed E-state index contributed by atoms with van der Waals surface area (Å²) in [6.07, 6.45) is 2.58. The lowest BCUT2D eigenvalue weighted by Gasteiger charge is -2.22. The van der Waals surface area contributed by atoms with Gasteiger partial charge in [-0.25, -0.2) is 0 Å². The van der Waals surface area contributed by atoms with Crippen molar-refractivity contribution in [3.8, 4) is 0 Å². The molecule has 0 spiro atoms. The molecule has 4 heterocycles. The highest BCUT2D eigenvalue weighted by Gasteiger charge is 2.56. The molecule has 3 saturated heterocycles. The number of hydrogen-bond donors (Lipinski definition) is 1. The molecule has 2 bridgehead atoms. The summed E-state index contributed by atoms with van der Waals surface area (Å²) in [6.45, 7) is 9.05. The fourth-order valence-corrected chi connectivity index (χ4v) is 5.04. The minimum absolute atomic E-state index is 0.142. The van der Waals surface area contributed by atoms with Crippen molar-refractivity contribution in [3.05, 3.63) is 23.8 Å². The van der Waals surface area contributed by atoms with E-state index >= 15 is 0 Å². The van der Waals surface area contributed by atoms with Crippen LogP contribution in [0.1, 0.15) is 39.2 Å². The summed E-state index contributed by atoms with van der Waals surface area (Å²) in [5.41, 5.74) is 3.38. The van der Waals surface area contributed by atoms with E-state index in [4.69, 9.17) is 9.40 Å². The Morgan fingerprint density at radius 3 is 2.48 bits per heavy atom. The largest absolute Gasteiger partial charge is 0.423 e. The number of aromatic nitrogens is 1. The third kappa shape index (κ3) is 1.90. The van der Waals surface area contributed by atoms with Crippen LogP contribution >= 0.6 is 0 Å². The number of rotatable bonds is 1. The second-order valence-corrected chi connectivity index (χ2v) is 8.53. The Morgan fingerprint density at radius 1 is 1.13 bits per heavy atom. The average Bonchev–Trinajstić information content (AvgIpc) is 3.24. The van der Waals surface area contributed by atoms with Gasteiger partial charge in [0.05, 0.1) is 0 Å². The zero-order valence-corrected chi connectivity index (χ0v) is 14.2. The molecule has 1 aromatic heterocycles. The summed E-state index contributed by atoms with van der Waals surface area (Å²) in [6, 6.07) is 8.56. The van der Waals surface area contributed by atoms with Crippen molar-refractivity contribution < 1.29 is 4.42 Å². The number of nitrogens with zero attached hydrogens (tertiary/aromatic N) is 2. The summed E-state index contributed by atoms with van der Waals surface area (Å²) >= 11 is 0. The maximum atomic E-state index is 6.16. The summed E-state index contributed by atoms with van der Waals surface area (Å²) in [5, 5.41) is 3.57. The van der Waals surface area contributed by atoms with Gasteiger partial charge < -0.3 is 14.6 Å². The van der Waals surface area contributed by atoms with Crippen LogP contribution < -0.4 is 10.2 Å². The van der Waals surface area contributed by atoms with Crippen LogP contribution in [0.3, 0.4) is 0 Å². The van der Waals surface area contributed by atoms with Gasteiger partial charge in [-0.05, 0) is 47.8 Å². The van der Waals surface area contributed by atoms with Crippen LogP contribution in [0.25, 0.3) is 11.1 Å². The van der Waals surface area contributed by atoms with Gasteiger partial charge in [-0.2, -0.15) is 4.98 Å². The van der Waals surface area contributed by atoms with E-state index in [-0.39, 0.29) is 5.41 Å². The van der Waals surface area contributed by atoms with Gasteiger partial charge >= 0.3 is 0 Å². The normalized spacial score (nSPS) is 32.9. The van der Waals surface area contributed by atoms with Crippen LogP contribution in [0, 0.1) is 11.8 Å². The first-order chi connectivity index (χ1) is 11.0. The van der Waals surface area contributed by atoms with Gasteiger partial charge in [0.1, 0.15) is 5.52 Å². The Bertz CT molecular complexity index is 742. The second kappa shape index (κ2) is 4.50. The standard InChI is InChI=1S/C19H25N3O/c1-19(2,3)11-4-7-17-14(8-11)21-18(23-17)22-15-5-6-16(22)13-10-20-9-12(13)15/h4,7-8,12-13,15-16,20H,5-6,9-10H2,1-3H3/t12-,13+,15-,16+. The van der Waals surface area contributed by atoms with Gasteiger partial charge in [-0.1, -0.05) is 26.8 Å². The smallest absolute Gasteiger partial charge is 0.298 e. The number of oxazole rings is 1. The molecule has 3 aliphatic rings. The fourth-order valence-electron chi connectivity index (χ4n) is 5.04. The molecule has 3 aliphatic heterocycles. The summed E-state index contributed by atoms with van der Waals surface area (Å²) < 4.78 is 6.16. The summed E-state index contributed by atoms with van der Waals surface area (Å²) in [5.74, 6) is 1.57. The topological polar surface area (TPSA) is 41.3 Å². The zero-order valence-electron chi connectivity index (χ0n) is 14.2. The molecule has 0 radical (unpaired) electrons. The highest BCUT2D eigenvalue weighted by atomic mass is 16.4. The molecule has 4 atom stereocenters. The van der Waals surface area contributed by atoms with Crippen molar-refractivity contribution >= 4 is 17.1 Å². The maximum absolute atomic E-state index is 6.16. The van der Waals surface area contributed by atoms with Gasteiger partial charge in [0.15, 0.2) is 5.58 Å². The van der Waals surface area contributed by atoms with E-state index in [1.165, 1.54) is 18.4 Å². The quantitative estimate of drug-likeness (QED) is 0.877. The molecule has 4 nitrogen and oxygen atoms in total. The van der Waals surface area contributed by atoms with Crippen LogP contribution in [0.2, 0.25) is 0 Å². The number of hydrogen-bond acceptors (Lipinski definition) is 4. The Kier molecular flexibility index (Phi) is 2.71. The molecule has 0 saturated carbocycles. The third-order valence-electron chi connectivity index (χ3n) is 6.23. The molecule has 4 heteroatoms. The van der Waals surface area contributed by atoms with E-state index in [2.05, 4.69) is 49.2 Å². The van der Waals surface area contributed by atoms with Gasteiger partial charge in [0.25, 0.3) is 6.01 Å². The molecule has 3 fully saturated rings. The summed E-state index contributed by atoms with van der Waals surface area (Å²) in [4.78, 5) is 7.38. The van der Waals surface area contributed by atoms with E-state index in [1.807, 2.05) is 0 Å². The Morgan fingerprint density at radius 2 is 1.83 bits per heavy atom. The van der Waals surface area contributed by atoms with Crippen LogP contribution in [0.4, 0.5) is 6.01 Å². The first kappa shape index (κ1) is 13.8. The number of anilines is 1. The molecule has 0 aliphatic carbocycles. The van der Waals surface area contributed by atoms with Crippen molar-refractivity contribution in [1.82, 2.24) is 10.3 Å². The minimum Gasteiger partial charge on any atom is -0.423 e. The first-order valence-corrected chi connectivity index (χ1v) is 8.92. The molecule has 122 valence electrons. The van der Waals surface area contributed by atoms with Crippen molar-refractivity contribution in [2.45, 2.75) is 51.1 Å². The highest BCUT2D eigenvalue weighted by Crippen LogP contribution is 2.49. The van der Waals surface area contributed by atoms with Crippen LogP contribution in [-0.2, 0) is 5.41 Å². The number of fused-ring (bicyclic) bond motifs is 6. The van der Waals surface area contributed by atoms with Gasteiger partial charge in [-0.15, -0.1) is 0 Å². The molecular weight excluding hydrogens is 286 g/mol. The average molecular weight is 311 g/mol. The van der Waals surface area contributed by atoms with E-state index in [9.17, 15) is 0 Å². The lowest BCUT2D eigenvalue weighted by atomic mass is 9.82. The van der Waals surface area contributed by atoms with E-state index in [0.29, 0.717) is 12.1 Å². The molecule has 0 unspecified atom stereocenters. The predicted molar refractivity (Wildman–Crippen MR) is 91.8 cm³/mol. The molecule has 0 amide bonds. The van der Waals surface area contributed by atoms with Gasteiger partial charge in [0, 0.05) is 25.2 Å². The Hall–Kier alpha value is -1.55. The molecule has 1 N–H and O–H groups in total. The second-order valence-electron chi connectivity index (χ2n) is 8.53. The minimum atomic E-state index is 0.142. The molecule has 5 rings (SSSR count). The Labute approximate surface area is 137 Å². The summed E-state index contributed by atoms with van der Waals surface area (Å²) in [7, 11) is 0. The van der Waals surface area contributed by atoms with Crippen LogP contribution in [0.15, 0.2) is 22.6 Å². The van der Waals surface area contributed by atoms with Gasteiger partial charge in [0.2, 0.25) is 0 Å². The fraction of sp³-hybridized carbons (Fsp3) is 0.632. The van der Waals surface area contributed by atoms with Crippen molar-refractivity contribution in [2.24, 2.45) is 11.8 Å². The Balaban J connectivity index is 1.54. The molecular formula is C19H25N3O. The number of benzene rings is 1. The van der Waals surface area contributed by atoms with Crippen molar-refractivity contribution in [3.63, 3.8) is 0 Å². The molecule has 1 aromatic carbocycles. The van der Waals surface area contributed by atoms with E-state index < -0.39 is 0 Å². The number of nitrogens with one attached hydrogen (secondary N) is 1. The van der Waals surface area contributed by atoms with Crippen LogP contribution in [-0.4, -0.2) is 30.2 Å². The van der Waals surface area contributed by atoms with Crippen LogP contribution in [0.5, 0.6) is 0 Å². The maximum Gasteiger partial charge on any atom is 0.298 e. The highest BCUT2D eigenvalue weighted by molar-refractivity contribution is 5.76. The van der Waals surface area contributed by atoms with E-state index in [1.54, 1.807) is 0 Å². The zero-order chi connectivity index (χ0) is 15.8. The molecule has 2 aromatic rings. The van der Waals surface area contributed by atoms with E-state index in [0.717, 1.165) is 42.0 Å². The van der Waals surface area contributed by atoms with Crippen molar-refractivity contribution in [1.29, 1.82) is 0 Å².